The van der Waals surface area contributed by atoms with Gasteiger partial charge in [0.05, 0.1) is 6.26 Å². The Bertz CT molecular complexity index is 791. The first kappa shape index (κ1) is 28.5. The maximum Gasteiger partial charge on any atom is 0.250 e. The lowest BCUT2D eigenvalue weighted by molar-refractivity contribution is 0.159. The molecule has 1 rings (SSSR count). The summed E-state index contributed by atoms with van der Waals surface area (Å²) in [5, 5.41) is 0.159. The van der Waals surface area contributed by atoms with Crippen molar-refractivity contribution in [2.45, 2.75) is 125 Å². The van der Waals surface area contributed by atoms with Crippen LogP contribution in [-0.4, -0.2) is 8.32 Å². The maximum absolute atomic E-state index is 6.57. The molecule has 1 aromatic rings. The molecular formula is C29H50O2Si. The van der Waals surface area contributed by atoms with Crippen LogP contribution in [0.25, 0.3) is 0 Å². The summed E-state index contributed by atoms with van der Waals surface area (Å²) in [4.78, 5) is 0. The van der Waals surface area contributed by atoms with Gasteiger partial charge in [0.15, 0.2) is 0 Å². The molecule has 0 N–H and O–H groups in total. The molecule has 3 heteroatoms. The van der Waals surface area contributed by atoms with E-state index in [1.165, 1.54) is 22.3 Å². The Hall–Kier alpha value is -1.48. The molecule has 0 amide bonds. The van der Waals surface area contributed by atoms with Crippen LogP contribution in [0.5, 0.6) is 0 Å². The SMILES string of the molecule is C/C=C(O[Si](C)(C)C(C)(C)C)/C(C)=C/O[C@@H](C)c1c(C(C)C)cc(C(C)C)cc1C(C)C. The summed E-state index contributed by atoms with van der Waals surface area (Å²) in [5.74, 6) is 2.35. The summed E-state index contributed by atoms with van der Waals surface area (Å²) in [7, 11) is -1.90. The molecule has 1 atom stereocenters. The minimum Gasteiger partial charge on any atom is -0.543 e. The lowest BCUT2D eigenvalue weighted by atomic mass is 9.82. The lowest BCUT2D eigenvalue weighted by Gasteiger charge is -2.37. The summed E-state index contributed by atoms with van der Waals surface area (Å²) in [6, 6.07) is 4.79. The van der Waals surface area contributed by atoms with E-state index < -0.39 is 8.32 Å². The molecule has 1 aromatic carbocycles. The van der Waals surface area contributed by atoms with Gasteiger partial charge in [-0.2, -0.15) is 0 Å². The van der Waals surface area contributed by atoms with Crippen LogP contribution in [-0.2, 0) is 9.16 Å². The van der Waals surface area contributed by atoms with Gasteiger partial charge in [0.1, 0.15) is 11.9 Å². The van der Waals surface area contributed by atoms with Crippen molar-refractivity contribution in [3.63, 3.8) is 0 Å². The van der Waals surface area contributed by atoms with E-state index in [1.807, 2.05) is 13.2 Å². The Morgan fingerprint density at radius 2 is 1.34 bits per heavy atom. The molecule has 0 saturated carbocycles. The van der Waals surface area contributed by atoms with Crippen molar-refractivity contribution in [2.75, 3.05) is 0 Å². The molecule has 182 valence electrons. The Morgan fingerprint density at radius 1 is 0.875 bits per heavy atom. The smallest absolute Gasteiger partial charge is 0.250 e. The molecule has 0 aliphatic rings. The quantitative estimate of drug-likeness (QED) is 0.208. The molecule has 0 saturated heterocycles. The van der Waals surface area contributed by atoms with Crippen LogP contribution in [0.4, 0.5) is 0 Å². The van der Waals surface area contributed by atoms with Gasteiger partial charge in [0.2, 0.25) is 8.32 Å². The van der Waals surface area contributed by atoms with E-state index in [-0.39, 0.29) is 11.1 Å². The maximum atomic E-state index is 6.57. The minimum atomic E-state index is -1.90. The van der Waals surface area contributed by atoms with E-state index in [0.717, 1.165) is 11.3 Å². The zero-order chi connectivity index (χ0) is 25.0. The molecule has 0 unspecified atom stereocenters. The fourth-order valence-electron chi connectivity index (χ4n) is 3.61. The van der Waals surface area contributed by atoms with E-state index in [1.54, 1.807) is 0 Å². The van der Waals surface area contributed by atoms with E-state index in [4.69, 9.17) is 9.16 Å². The molecule has 0 aromatic heterocycles. The van der Waals surface area contributed by atoms with Crippen molar-refractivity contribution >= 4 is 8.32 Å². The van der Waals surface area contributed by atoms with Crippen LogP contribution < -0.4 is 0 Å². The third kappa shape index (κ3) is 7.01. The average molecular weight is 459 g/mol. The first-order valence-electron chi connectivity index (χ1n) is 12.4. The van der Waals surface area contributed by atoms with Crippen molar-refractivity contribution in [2.24, 2.45) is 0 Å². The van der Waals surface area contributed by atoms with Crippen molar-refractivity contribution in [3.8, 4) is 0 Å². The molecule has 0 bridgehead atoms. The van der Waals surface area contributed by atoms with Crippen LogP contribution in [0.3, 0.4) is 0 Å². The second kappa shape index (κ2) is 11.1. The van der Waals surface area contributed by atoms with Crippen molar-refractivity contribution in [1.29, 1.82) is 0 Å². The van der Waals surface area contributed by atoms with Gasteiger partial charge in [0.25, 0.3) is 0 Å². The topological polar surface area (TPSA) is 18.5 Å². The molecule has 0 heterocycles. The highest BCUT2D eigenvalue weighted by Crippen LogP contribution is 2.40. The van der Waals surface area contributed by atoms with Crippen LogP contribution in [0.15, 0.2) is 35.8 Å². The Balaban J connectivity index is 3.31. The zero-order valence-electron chi connectivity index (χ0n) is 23.4. The molecule has 0 aliphatic heterocycles. The van der Waals surface area contributed by atoms with Gasteiger partial charge in [-0.3, -0.25) is 0 Å². The first-order chi connectivity index (χ1) is 14.5. The highest BCUT2D eigenvalue weighted by Gasteiger charge is 2.39. The van der Waals surface area contributed by atoms with Crippen molar-refractivity contribution in [3.05, 3.63) is 58.1 Å². The standard InChI is InChI=1S/C29H50O2Si/c1-15-27(31-32(13,14)29(10,11)12)22(8)18-30-23(9)28-25(20(4)5)16-24(19(2)3)17-26(28)21(6)7/h15-21,23H,1-14H3/b22-18+,27-15-/t23-/m0/s1. The molecule has 0 spiro atoms. The van der Waals surface area contributed by atoms with Gasteiger partial charge in [0, 0.05) is 5.57 Å². The minimum absolute atomic E-state index is 0.0214. The summed E-state index contributed by atoms with van der Waals surface area (Å²) < 4.78 is 13.0. The van der Waals surface area contributed by atoms with Crippen LogP contribution in [0.1, 0.15) is 129 Å². The normalized spacial score (nSPS) is 15.0. The monoisotopic (exact) mass is 458 g/mol. The molecule has 0 radical (unpaired) electrons. The van der Waals surface area contributed by atoms with Crippen molar-refractivity contribution < 1.29 is 9.16 Å². The van der Waals surface area contributed by atoms with E-state index in [2.05, 4.69) is 107 Å². The highest BCUT2D eigenvalue weighted by molar-refractivity contribution is 6.74. The molecular weight excluding hydrogens is 408 g/mol. The molecule has 32 heavy (non-hydrogen) atoms. The summed E-state index contributed by atoms with van der Waals surface area (Å²) in [5.41, 5.74) is 6.61. The third-order valence-corrected chi connectivity index (χ3v) is 11.2. The summed E-state index contributed by atoms with van der Waals surface area (Å²) >= 11 is 0. The highest BCUT2D eigenvalue weighted by atomic mass is 28.4. The van der Waals surface area contributed by atoms with E-state index in [9.17, 15) is 0 Å². The predicted molar refractivity (Wildman–Crippen MR) is 144 cm³/mol. The van der Waals surface area contributed by atoms with Crippen LogP contribution in [0, 0.1) is 0 Å². The first-order valence-corrected chi connectivity index (χ1v) is 15.3. The van der Waals surface area contributed by atoms with Crippen LogP contribution >= 0.6 is 0 Å². The van der Waals surface area contributed by atoms with Gasteiger partial charge in [-0.25, -0.2) is 0 Å². The molecule has 2 nitrogen and oxygen atoms in total. The van der Waals surface area contributed by atoms with Crippen LogP contribution in [0.2, 0.25) is 18.1 Å². The second-order valence-electron chi connectivity index (χ2n) is 11.7. The number of allylic oxidation sites excluding steroid dienone is 2. The lowest BCUT2D eigenvalue weighted by Crippen LogP contribution is -2.40. The number of hydrogen-bond donors (Lipinski definition) is 0. The Kier molecular flexibility index (Phi) is 9.90. The number of benzene rings is 1. The van der Waals surface area contributed by atoms with Gasteiger partial charge >= 0.3 is 0 Å². The fraction of sp³-hybridized carbons (Fsp3) is 0.655. The predicted octanol–water partition coefficient (Wildman–Crippen LogP) is 9.96. The van der Waals surface area contributed by atoms with Gasteiger partial charge in [-0.15, -0.1) is 0 Å². The summed E-state index contributed by atoms with van der Waals surface area (Å²) in [6.45, 7) is 31.4. The number of ether oxygens (including phenoxy) is 1. The largest absolute Gasteiger partial charge is 0.543 e. The average Bonchev–Trinajstić information content (AvgIpc) is 2.67. The van der Waals surface area contributed by atoms with Gasteiger partial charge in [-0.05, 0) is 85.0 Å². The zero-order valence-corrected chi connectivity index (χ0v) is 24.4. The third-order valence-electron chi connectivity index (χ3n) is 6.85. The second-order valence-corrected chi connectivity index (χ2v) is 16.4. The van der Waals surface area contributed by atoms with Gasteiger partial charge in [-0.1, -0.05) is 74.4 Å². The molecule has 0 fully saturated rings. The number of hydrogen-bond acceptors (Lipinski definition) is 2. The van der Waals surface area contributed by atoms with E-state index in [0.29, 0.717) is 17.8 Å². The van der Waals surface area contributed by atoms with Crippen molar-refractivity contribution in [1.82, 2.24) is 0 Å². The molecule has 0 aliphatic carbocycles. The Labute approximate surface area is 200 Å². The Morgan fingerprint density at radius 3 is 1.69 bits per heavy atom. The number of rotatable bonds is 9. The van der Waals surface area contributed by atoms with E-state index >= 15 is 0 Å². The van der Waals surface area contributed by atoms with Gasteiger partial charge < -0.3 is 9.16 Å². The summed E-state index contributed by atoms with van der Waals surface area (Å²) in [6.07, 6.45) is 3.95. The fourth-order valence-corrected chi connectivity index (χ4v) is 4.74.